The number of aliphatic hydroxyl groups excluding tert-OH is 2. The molecule has 0 radical (unpaired) electrons. The summed E-state index contributed by atoms with van der Waals surface area (Å²) in [5.74, 6) is -3.78. The Morgan fingerprint density at radius 3 is 2.66 bits per heavy atom. The van der Waals surface area contributed by atoms with Crippen molar-refractivity contribution in [3.63, 3.8) is 0 Å². The fourth-order valence-corrected chi connectivity index (χ4v) is 4.10. The zero-order valence-corrected chi connectivity index (χ0v) is 20.6. The molecule has 0 bridgehead atoms. The van der Waals surface area contributed by atoms with Crippen molar-refractivity contribution in [3.05, 3.63) is 54.1 Å². The van der Waals surface area contributed by atoms with E-state index < -0.39 is 30.2 Å². The van der Waals surface area contributed by atoms with Gasteiger partial charge in [-0.3, -0.25) is 4.79 Å². The average Bonchev–Trinajstić information content (AvgIpc) is 3.04. The molecule has 1 saturated carbocycles. The molecule has 196 valence electrons. The van der Waals surface area contributed by atoms with Crippen molar-refractivity contribution < 1.29 is 37.7 Å². The lowest BCUT2D eigenvalue weighted by Crippen LogP contribution is -2.20. The summed E-state index contributed by atoms with van der Waals surface area (Å²) < 4.78 is 51.7. The SMILES string of the molecule is CC(C)OC(=O)CCC/C=C\C[C@@H]1[C@@H](/C=C/[C@H](F)COc2cccc(C(C)(F)F)c2)[C@H](O)C[C@@H]1O. The van der Waals surface area contributed by atoms with Gasteiger partial charge in [0.25, 0.3) is 5.92 Å². The average molecular weight is 499 g/mol. The highest BCUT2D eigenvalue weighted by molar-refractivity contribution is 5.69. The molecule has 2 N–H and O–H groups in total. The van der Waals surface area contributed by atoms with Crippen molar-refractivity contribution in [1.82, 2.24) is 0 Å². The monoisotopic (exact) mass is 498 g/mol. The minimum absolute atomic E-state index is 0.130. The van der Waals surface area contributed by atoms with E-state index in [-0.39, 0.29) is 42.3 Å². The molecule has 0 aliphatic heterocycles. The number of carbonyl (C=O) groups excluding carboxylic acids is 1. The Hall–Kier alpha value is -2.32. The second-order valence-corrected chi connectivity index (χ2v) is 9.38. The van der Waals surface area contributed by atoms with Gasteiger partial charge >= 0.3 is 5.97 Å². The van der Waals surface area contributed by atoms with Gasteiger partial charge in [0.05, 0.1) is 18.3 Å². The Bertz CT molecular complexity index is 849. The highest BCUT2D eigenvalue weighted by Gasteiger charge is 2.39. The summed E-state index contributed by atoms with van der Waals surface area (Å²) in [5.41, 5.74) is -0.213. The molecule has 5 nitrogen and oxygen atoms in total. The summed E-state index contributed by atoms with van der Waals surface area (Å²) in [4.78, 5) is 11.5. The van der Waals surface area contributed by atoms with Crippen LogP contribution in [0.2, 0.25) is 0 Å². The van der Waals surface area contributed by atoms with Gasteiger partial charge in [-0.25, -0.2) is 13.2 Å². The van der Waals surface area contributed by atoms with Crippen molar-refractivity contribution in [2.75, 3.05) is 6.61 Å². The van der Waals surface area contributed by atoms with Crippen molar-refractivity contribution in [1.29, 1.82) is 0 Å². The number of unbranched alkanes of at least 4 members (excludes halogenated alkanes) is 1. The number of aliphatic hydroxyl groups is 2. The number of esters is 1. The summed E-state index contributed by atoms with van der Waals surface area (Å²) in [6, 6.07) is 5.38. The van der Waals surface area contributed by atoms with E-state index in [1.807, 2.05) is 12.2 Å². The molecule has 0 unspecified atom stereocenters. The van der Waals surface area contributed by atoms with Crippen molar-refractivity contribution in [2.45, 2.75) is 83.3 Å². The Morgan fingerprint density at radius 2 is 1.97 bits per heavy atom. The largest absolute Gasteiger partial charge is 0.490 e. The van der Waals surface area contributed by atoms with Crippen LogP contribution >= 0.6 is 0 Å². The zero-order valence-electron chi connectivity index (χ0n) is 20.6. The predicted molar refractivity (Wildman–Crippen MR) is 128 cm³/mol. The second-order valence-electron chi connectivity index (χ2n) is 9.38. The standard InChI is InChI=1S/C27H37F3O5/c1-18(2)35-26(33)12-7-5-4-6-11-22-23(25(32)16-24(22)31)14-13-20(28)17-34-21-10-8-9-19(15-21)27(3,29)30/h4,6,8-10,13-15,18,20,22-25,31-32H,5,7,11-12,16-17H2,1-3H3/b6-4-,14-13+/t20-,22+,23+,24-,25+/m0/s1. The minimum Gasteiger partial charge on any atom is -0.490 e. The number of carbonyl (C=O) groups is 1. The molecule has 2 rings (SSSR count). The Kier molecular flexibility index (Phi) is 11.3. The molecule has 0 amide bonds. The van der Waals surface area contributed by atoms with Crippen LogP contribution in [0, 0.1) is 11.8 Å². The molecule has 0 aromatic heterocycles. The number of hydrogen-bond donors (Lipinski definition) is 2. The third kappa shape index (κ3) is 10.1. The predicted octanol–water partition coefficient (Wildman–Crippen LogP) is 5.50. The molecule has 5 atom stereocenters. The van der Waals surface area contributed by atoms with Crippen LogP contribution in [0.3, 0.4) is 0 Å². The summed E-state index contributed by atoms with van der Waals surface area (Å²) in [6.45, 7) is 4.03. The van der Waals surface area contributed by atoms with Gasteiger partial charge in [-0.1, -0.05) is 36.4 Å². The third-order valence-corrected chi connectivity index (χ3v) is 5.90. The van der Waals surface area contributed by atoms with Gasteiger partial charge in [0.15, 0.2) is 6.17 Å². The number of alkyl halides is 3. The first kappa shape index (κ1) is 28.9. The molecule has 8 heteroatoms. The van der Waals surface area contributed by atoms with Gasteiger partial charge < -0.3 is 19.7 Å². The van der Waals surface area contributed by atoms with E-state index >= 15 is 0 Å². The summed E-state index contributed by atoms with van der Waals surface area (Å²) in [6.07, 6.45) is 5.94. The van der Waals surface area contributed by atoms with E-state index in [4.69, 9.17) is 9.47 Å². The first-order chi connectivity index (χ1) is 16.5. The van der Waals surface area contributed by atoms with Crippen molar-refractivity contribution in [2.24, 2.45) is 11.8 Å². The maximum Gasteiger partial charge on any atom is 0.306 e. The van der Waals surface area contributed by atoms with Crippen LogP contribution < -0.4 is 4.74 Å². The van der Waals surface area contributed by atoms with Gasteiger partial charge in [-0.15, -0.1) is 0 Å². The van der Waals surface area contributed by atoms with Crippen molar-refractivity contribution in [3.8, 4) is 5.75 Å². The van der Waals surface area contributed by atoms with Gasteiger partial charge in [0.2, 0.25) is 0 Å². The number of rotatable bonds is 13. The van der Waals surface area contributed by atoms with Crippen molar-refractivity contribution >= 4 is 5.97 Å². The molecule has 35 heavy (non-hydrogen) atoms. The van der Waals surface area contributed by atoms with E-state index in [1.165, 1.54) is 30.3 Å². The fourth-order valence-electron chi connectivity index (χ4n) is 4.10. The summed E-state index contributed by atoms with van der Waals surface area (Å²) >= 11 is 0. The lowest BCUT2D eigenvalue weighted by Gasteiger charge is -2.19. The van der Waals surface area contributed by atoms with Crippen LogP contribution in [-0.4, -0.2) is 47.3 Å². The number of ether oxygens (including phenoxy) is 2. The fraction of sp³-hybridized carbons (Fsp3) is 0.593. The topological polar surface area (TPSA) is 76.0 Å². The molecule has 1 aromatic carbocycles. The van der Waals surface area contributed by atoms with Crippen LogP contribution in [0.1, 0.15) is 58.4 Å². The van der Waals surface area contributed by atoms with Gasteiger partial charge in [0.1, 0.15) is 12.4 Å². The second kappa shape index (κ2) is 13.7. The molecular weight excluding hydrogens is 461 g/mol. The Labute approximate surface area is 205 Å². The molecule has 1 aliphatic carbocycles. The molecule has 0 spiro atoms. The highest BCUT2D eigenvalue weighted by Crippen LogP contribution is 2.36. The number of hydrogen-bond acceptors (Lipinski definition) is 5. The van der Waals surface area contributed by atoms with Crippen LogP contribution in [0.4, 0.5) is 13.2 Å². The smallest absolute Gasteiger partial charge is 0.306 e. The normalized spacial score (nSPS) is 23.9. The van der Waals surface area contributed by atoms with E-state index in [2.05, 4.69) is 0 Å². The zero-order chi connectivity index (χ0) is 26.0. The van der Waals surface area contributed by atoms with Crippen LogP contribution in [0.5, 0.6) is 5.75 Å². The molecule has 1 aromatic rings. The van der Waals surface area contributed by atoms with E-state index in [9.17, 15) is 28.2 Å². The van der Waals surface area contributed by atoms with E-state index in [0.717, 1.165) is 6.92 Å². The lowest BCUT2D eigenvalue weighted by molar-refractivity contribution is -0.147. The molecular formula is C27H37F3O5. The van der Waals surface area contributed by atoms with Crippen LogP contribution in [0.15, 0.2) is 48.6 Å². The quantitative estimate of drug-likeness (QED) is 0.213. The Morgan fingerprint density at radius 1 is 1.23 bits per heavy atom. The molecule has 1 aliphatic rings. The number of benzene rings is 1. The molecule has 0 heterocycles. The minimum atomic E-state index is -3.02. The lowest BCUT2D eigenvalue weighted by atomic mass is 9.89. The summed E-state index contributed by atoms with van der Waals surface area (Å²) in [5, 5.41) is 20.6. The van der Waals surface area contributed by atoms with E-state index in [0.29, 0.717) is 25.7 Å². The molecule has 1 fully saturated rings. The van der Waals surface area contributed by atoms with Gasteiger partial charge in [0, 0.05) is 31.2 Å². The first-order valence-corrected chi connectivity index (χ1v) is 12.1. The van der Waals surface area contributed by atoms with E-state index in [1.54, 1.807) is 19.9 Å². The number of halogens is 3. The maximum absolute atomic E-state index is 14.4. The van der Waals surface area contributed by atoms with Crippen LogP contribution in [0.25, 0.3) is 0 Å². The first-order valence-electron chi connectivity index (χ1n) is 12.1. The van der Waals surface area contributed by atoms with Crippen LogP contribution in [-0.2, 0) is 15.5 Å². The highest BCUT2D eigenvalue weighted by atomic mass is 19.3. The molecule has 0 saturated heterocycles. The van der Waals surface area contributed by atoms with Gasteiger partial charge in [-0.05, 0) is 51.2 Å². The Balaban J connectivity index is 1.82. The maximum atomic E-state index is 14.4. The third-order valence-electron chi connectivity index (χ3n) is 5.90. The van der Waals surface area contributed by atoms with Gasteiger partial charge in [-0.2, -0.15) is 0 Å². The summed E-state index contributed by atoms with van der Waals surface area (Å²) in [7, 11) is 0. The number of allylic oxidation sites excluding steroid dienone is 2.